The highest BCUT2D eigenvalue weighted by Gasteiger charge is 2.00. The molecule has 0 bridgehead atoms. The Kier molecular flexibility index (Phi) is 3.55. The Morgan fingerprint density at radius 1 is 1.35 bits per heavy atom. The molecule has 2 aromatic rings. The lowest BCUT2D eigenvalue weighted by molar-refractivity contribution is 0.980. The highest BCUT2D eigenvalue weighted by atomic mass is 16.1. The van der Waals surface area contributed by atoms with Gasteiger partial charge in [0.15, 0.2) is 5.82 Å². The predicted molar refractivity (Wildman–Crippen MR) is 68.2 cm³/mol. The molecule has 0 aliphatic heterocycles. The molecule has 4 nitrogen and oxygen atoms in total. The van der Waals surface area contributed by atoms with Gasteiger partial charge in [-0.05, 0) is 24.5 Å². The molecular weight excluding hydrogens is 214 g/mol. The Labute approximate surface area is 99.7 Å². The van der Waals surface area contributed by atoms with Crippen LogP contribution in [0, 0.1) is 6.92 Å². The van der Waals surface area contributed by atoms with E-state index in [0.717, 1.165) is 6.42 Å². The highest BCUT2D eigenvalue weighted by molar-refractivity contribution is 5.31. The summed E-state index contributed by atoms with van der Waals surface area (Å²) in [6.45, 7) is 2.79. The topological polar surface area (TPSA) is 57.8 Å². The first-order valence-corrected chi connectivity index (χ1v) is 5.59. The Morgan fingerprint density at radius 2 is 2.18 bits per heavy atom. The van der Waals surface area contributed by atoms with Crippen LogP contribution in [0.2, 0.25) is 0 Å². The second-order valence-electron chi connectivity index (χ2n) is 3.87. The molecule has 2 rings (SSSR count). The van der Waals surface area contributed by atoms with Crippen LogP contribution in [-0.4, -0.2) is 16.5 Å². The molecule has 0 radical (unpaired) electrons. The van der Waals surface area contributed by atoms with Crippen LogP contribution in [0.3, 0.4) is 0 Å². The Hall–Kier alpha value is -2.10. The first kappa shape index (κ1) is 11.4. The second kappa shape index (κ2) is 5.30. The maximum absolute atomic E-state index is 11.3. The number of rotatable bonds is 4. The fourth-order valence-electron chi connectivity index (χ4n) is 1.68. The fourth-order valence-corrected chi connectivity index (χ4v) is 1.68. The molecule has 0 unspecified atom stereocenters. The molecular formula is C13H15N3O. The van der Waals surface area contributed by atoms with Crippen LogP contribution in [0.25, 0.3) is 0 Å². The third-order valence-electron chi connectivity index (χ3n) is 2.66. The van der Waals surface area contributed by atoms with Crippen molar-refractivity contribution in [1.29, 1.82) is 0 Å². The first-order valence-electron chi connectivity index (χ1n) is 5.59. The Balaban J connectivity index is 1.95. The number of aromatic nitrogens is 2. The molecule has 1 aromatic carbocycles. The summed E-state index contributed by atoms with van der Waals surface area (Å²) < 4.78 is 0. The highest BCUT2D eigenvalue weighted by Crippen LogP contribution is 2.07. The summed E-state index contributed by atoms with van der Waals surface area (Å²) in [4.78, 5) is 17.9. The van der Waals surface area contributed by atoms with Crippen LogP contribution in [0.15, 0.2) is 41.5 Å². The summed E-state index contributed by atoms with van der Waals surface area (Å²) in [5.41, 5.74) is 2.37. The molecule has 0 spiro atoms. The molecule has 0 fully saturated rings. The SMILES string of the molecule is Cc1ccccc1CCNc1ncc[nH]c1=O. The molecule has 0 aliphatic carbocycles. The number of H-pyrrole nitrogens is 1. The number of hydrogen-bond donors (Lipinski definition) is 2. The number of benzene rings is 1. The van der Waals surface area contributed by atoms with E-state index in [4.69, 9.17) is 0 Å². The first-order chi connectivity index (χ1) is 8.27. The summed E-state index contributed by atoms with van der Waals surface area (Å²) in [7, 11) is 0. The zero-order valence-corrected chi connectivity index (χ0v) is 9.73. The van der Waals surface area contributed by atoms with Crippen LogP contribution < -0.4 is 10.9 Å². The molecule has 4 heteroatoms. The summed E-state index contributed by atoms with van der Waals surface area (Å²) in [5, 5.41) is 3.03. The number of aryl methyl sites for hydroxylation is 1. The lowest BCUT2D eigenvalue weighted by Crippen LogP contribution is -2.17. The Bertz CT molecular complexity index is 548. The zero-order chi connectivity index (χ0) is 12.1. The van der Waals surface area contributed by atoms with Gasteiger partial charge in [-0.15, -0.1) is 0 Å². The minimum absolute atomic E-state index is 0.183. The molecule has 0 saturated carbocycles. The third-order valence-corrected chi connectivity index (χ3v) is 2.66. The maximum Gasteiger partial charge on any atom is 0.290 e. The molecule has 17 heavy (non-hydrogen) atoms. The monoisotopic (exact) mass is 229 g/mol. The number of nitrogens with one attached hydrogen (secondary N) is 2. The van der Waals surface area contributed by atoms with Crippen LogP contribution in [0.4, 0.5) is 5.82 Å². The largest absolute Gasteiger partial charge is 0.365 e. The van der Waals surface area contributed by atoms with Crippen molar-refractivity contribution < 1.29 is 0 Å². The van der Waals surface area contributed by atoms with Crippen molar-refractivity contribution >= 4 is 5.82 Å². The van der Waals surface area contributed by atoms with E-state index in [0.29, 0.717) is 12.4 Å². The molecule has 0 atom stereocenters. The quantitative estimate of drug-likeness (QED) is 0.839. The van der Waals surface area contributed by atoms with Crippen LogP contribution >= 0.6 is 0 Å². The Morgan fingerprint density at radius 3 is 2.94 bits per heavy atom. The van der Waals surface area contributed by atoms with Crippen molar-refractivity contribution in [3.05, 3.63) is 58.1 Å². The van der Waals surface area contributed by atoms with Gasteiger partial charge in [0, 0.05) is 18.9 Å². The lowest BCUT2D eigenvalue weighted by Gasteiger charge is -2.06. The minimum atomic E-state index is -0.183. The summed E-state index contributed by atoms with van der Waals surface area (Å²) in [6, 6.07) is 8.23. The van der Waals surface area contributed by atoms with E-state index < -0.39 is 0 Å². The van der Waals surface area contributed by atoms with Gasteiger partial charge in [0.1, 0.15) is 0 Å². The molecule has 88 valence electrons. The van der Waals surface area contributed by atoms with Crippen molar-refractivity contribution in [3.8, 4) is 0 Å². The van der Waals surface area contributed by atoms with Crippen molar-refractivity contribution in [2.45, 2.75) is 13.3 Å². The second-order valence-corrected chi connectivity index (χ2v) is 3.87. The third kappa shape index (κ3) is 2.93. The van der Waals surface area contributed by atoms with Crippen molar-refractivity contribution in [3.63, 3.8) is 0 Å². The molecule has 1 aromatic heterocycles. The molecule has 0 aliphatic rings. The van der Waals surface area contributed by atoms with Gasteiger partial charge in [-0.3, -0.25) is 4.79 Å². The standard InChI is InChI=1S/C13H15N3O/c1-10-4-2-3-5-11(10)6-7-14-12-13(17)16-9-8-15-12/h2-5,8-9H,6-7H2,1H3,(H,14,15)(H,16,17). The van der Waals surface area contributed by atoms with E-state index >= 15 is 0 Å². The van der Waals surface area contributed by atoms with E-state index in [2.05, 4.69) is 34.3 Å². The summed E-state index contributed by atoms with van der Waals surface area (Å²) >= 11 is 0. The van der Waals surface area contributed by atoms with Gasteiger partial charge in [-0.1, -0.05) is 24.3 Å². The van der Waals surface area contributed by atoms with E-state index in [1.807, 2.05) is 12.1 Å². The van der Waals surface area contributed by atoms with Gasteiger partial charge in [-0.2, -0.15) is 0 Å². The van der Waals surface area contributed by atoms with Gasteiger partial charge in [-0.25, -0.2) is 4.98 Å². The lowest BCUT2D eigenvalue weighted by atomic mass is 10.1. The summed E-state index contributed by atoms with van der Waals surface area (Å²) in [6.07, 6.45) is 3.97. The molecule has 0 saturated heterocycles. The van der Waals surface area contributed by atoms with E-state index in [1.54, 1.807) is 6.20 Å². The average Bonchev–Trinajstić information content (AvgIpc) is 2.34. The van der Waals surface area contributed by atoms with E-state index in [-0.39, 0.29) is 5.56 Å². The number of nitrogens with zero attached hydrogens (tertiary/aromatic N) is 1. The predicted octanol–water partition coefficient (Wildman–Crippen LogP) is 1.73. The minimum Gasteiger partial charge on any atom is -0.365 e. The van der Waals surface area contributed by atoms with Crippen LogP contribution in [-0.2, 0) is 6.42 Å². The van der Waals surface area contributed by atoms with Crippen molar-refractivity contribution in [2.75, 3.05) is 11.9 Å². The summed E-state index contributed by atoms with van der Waals surface area (Å²) in [5.74, 6) is 0.376. The van der Waals surface area contributed by atoms with Crippen molar-refractivity contribution in [1.82, 2.24) is 9.97 Å². The van der Waals surface area contributed by atoms with Gasteiger partial charge < -0.3 is 10.3 Å². The van der Waals surface area contributed by atoms with Crippen LogP contribution in [0.5, 0.6) is 0 Å². The molecule has 2 N–H and O–H groups in total. The van der Waals surface area contributed by atoms with E-state index in [1.165, 1.54) is 17.3 Å². The maximum atomic E-state index is 11.3. The molecule has 0 amide bonds. The van der Waals surface area contributed by atoms with Gasteiger partial charge in [0.2, 0.25) is 0 Å². The average molecular weight is 229 g/mol. The zero-order valence-electron chi connectivity index (χ0n) is 9.73. The van der Waals surface area contributed by atoms with Crippen molar-refractivity contribution in [2.24, 2.45) is 0 Å². The normalized spacial score (nSPS) is 10.2. The van der Waals surface area contributed by atoms with Crippen LogP contribution in [0.1, 0.15) is 11.1 Å². The van der Waals surface area contributed by atoms with Gasteiger partial charge in [0.05, 0.1) is 0 Å². The van der Waals surface area contributed by atoms with Gasteiger partial charge >= 0.3 is 0 Å². The smallest absolute Gasteiger partial charge is 0.290 e. The number of anilines is 1. The van der Waals surface area contributed by atoms with E-state index in [9.17, 15) is 4.79 Å². The van der Waals surface area contributed by atoms with Gasteiger partial charge in [0.25, 0.3) is 5.56 Å². The number of aromatic amines is 1. The fraction of sp³-hybridized carbons (Fsp3) is 0.231. The molecule has 1 heterocycles. The number of hydrogen-bond acceptors (Lipinski definition) is 3.